The molecule has 0 N–H and O–H groups in total. The second kappa shape index (κ2) is 8.82. The SMILES string of the molecule is C=[C-]SC.[Li+]. The predicted molar refractivity (Wildman–Crippen MR) is 22.4 cm³/mol. The van der Waals surface area contributed by atoms with Gasteiger partial charge in [-0.05, 0) is 6.26 Å². The molecule has 0 saturated carbocycles. The van der Waals surface area contributed by atoms with Crippen LogP contribution in [0.4, 0.5) is 0 Å². The first kappa shape index (κ1) is 9.19. The molecule has 2 heteroatoms. The maximum atomic E-state index is 3.32. The van der Waals surface area contributed by atoms with E-state index in [1.54, 1.807) is 0 Å². The average molecular weight is 80.1 g/mol. The van der Waals surface area contributed by atoms with E-state index >= 15 is 0 Å². The van der Waals surface area contributed by atoms with Crippen LogP contribution in [0.25, 0.3) is 0 Å². The van der Waals surface area contributed by atoms with Crippen molar-refractivity contribution in [3.8, 4) is 0 Å². The Labute approximate surface area is 49.2 Å². The second-order valence-electron chi connectivity index (χ2n) is 0.348. The molecule has 0 saturated heterocycles. The van der Waals surface area contributed by atoms with Gasteiger partial charge in [0.1, 0.15) is 0 Å². The molecule has 0 radical (unpaired) electrons. The third-order valence-electron chi connectivity index (χ3n) is 0.144. The van der Waals surface area contributed by atoms with Gasteiger partial charge in [-0.25, -0.2) is 0 Å². The largest absolute Gasteiger partial charge is 1.00 e. The Hall–Kier alpha value is 0.687. The van der Waals surface area contributed by atoms with Crippen molar-refractivity contribution in [3.05, 3.63) is 12.0 Å². The van der Waals surface area contributed by atoms with Crippen molar-refractivity contribution in [1.82, 2.24) is 0 Å². The van der Waals surface area contributed by atoms with Crippen molar-refractivity contribution in [2.45, 2.75) is 0 Å². The van der Waals surface area contributed by atoms with Gasteiger partial charge >= 0.3 is 18.9 Å². The summed E-state index contributed by atoms with van der Waals surface area (Å²) in [5, 5.41) is 2.60. The Morgan fingerprint density at radius 2 is 2.00 bits per heavy atom. The summed E-state index contributed by atoms with van der Waals surface area (Å²) in [4.78, 5) is 0. The van der Waals surface area contributed by atoms with Crippen LogP contribution in [0.5, 0.6) is 0 Å². The molecule has 0 heterocycles. The van der Waals surface area contributed by atoms with Crippen molar-refractivity contribution < 1.29 is 18.9 Å². The van der Waals surface area contributed by atoms with Crippen LogP contribution in [-0.4, -0.2) is 6.26 Å². The maximum Gasteiger partial charge on any atom is 1.00 e. The maximum absolute atomic E-state index is 3.32. The number of hydrogen-bond acceptors (Lipinski definition) is 1. The van der Waals surface area contributed by atoms with Crippen molar-refractivity contribution in [1.29, 1.82) is 0 Å². The Morgan fingerprint density at radius 3 is 2.00 bits per heavy atom. The molecule has 0 aliphatic carbocycles. The molecule has 0 bridgehead atoms. The molecular formula is C3H5LiS. The van der Waals surface area contributed by atoms with Crippen molar-refractivity contribution in [3.63, 3.8) is 0 Å². The molecule has 24 valence electrons. The minimum Gasteiger partial charge on any atom is -0.440 e. The number of rotatable bonds is 1. The van der Waals surface area contributed by atoms with Gasteiger partial charge in [-0.2, -0.15) is 0 Å². The van der Waals surface area contributed by atoms with Gasteiger partial charge in [-0.1, -0.05) is 0 Å². The topological polar surface area (TPSA) is 0 Å². The molecule has 0 nitrogen and oxygen atoms in total. The quantitative estimate of drug-likeness (QED) is 0.267. The zero-order chi connectivity index (χ0) is 3.41. The zero-order valence-electron chi connectivity index (χ0n) is 3.62. The molecule has 0 aromatic carbocycles. The fourth-order valence-corrected chi connectivity index (χ4v) is 0. The van der Waals surface area contributed by atoms with E-state index in [-0.39, 0.29) is 18.9 Å². The van der Waals surface area contributed by atoms with Crippen LogP contribution < -0.4 is 18.9 Å². The fraction of sp³-hybridized carbons (Fsp3) is 0.333. The third kappa shape index (κ3) is 11.9. The normalized spacial score (nSPS) is 5.00. The molecule has 0 aromatic heterocycles. The monoisotopic (exact) mass is 80.0 g/mol. The van der Waals surface area contributed by atoms with E-state index in [0.717, 1.165) is 0 Å². The van der Waals surface area contributed by atoms with Gasteiger partial charge in [0, 0.05) is 0 Å². The Balaban J connectivity index is 0. The van der Waals surface area contributed by atoms with Crippen LogP contribution in [0.15, 0.2) is 6.58 Å². The van der Waals surface area contributed by atoms with Gasteiger partial charge in [0.25, 0.3) is 0 Å². The number of hydrogen-bond donors (Lipinski definition) is 0. The van der Waals surface area contributed by atoms with E-state index in [2.05, 4.69) is 12.0 Å². The van der Waals surface area contributed by atoms with Crippen molar-refractivity contribution in [2.75, 3.05) is 6.26 Å². The molecule has 0 aliphatic heterocycles. The average Bonchev–Trinajstić information content (AvgIpc) is 1.37. The summed E-state index contributed by atoms with van der Waals surface area (Å²) >= 11 is 1.50. The van der Waals surface area contributed by atoms with Gasteiger partial charge < -0.3 is 17.2 Å². The predicted octanol–water partition coefficient (Wildman–Crippen LogP) is -1.70. The van der Waals surface area contributed by atoms with E-state index < -0.39 is 0 Å². The standard InChI is InChI=1S/C3H5S.Li/c1-3-4-2;/h1H2,2H3;/q-1;+1. The Bertz CT molecular complexity index is 20.9. The van der Waals surface area contributed by atoms with Crippen LogP contribution in [0, 0.1) is 5.41 Å². The Morgan fingerprint density at radius 1 is 1.80 bits per heavy atom. The molecule has 0 rings (SSSR count). The zero-order valence-corrected chi connectivity index (χ0v) is 4.43. The summed E-state index contributed by atoms with van der Waals surface area (Å²) < 4.78 is 0. The molecular weight excluding hydrogens is 75.0 g/mol. The summed E-state index contributed by atoms with van der Waals surface area (Å²) in [5.74, 6) is 0. The molecule has 0 amide bonds. The van der Waals surface area contributed by atoms with Gasteiger partial charge in [0.2, 0.25) is 0 Å². The molecule has 5 heavy (non-hydrogen) atoms. The van der Waals surface area contributed by atoms with E-state index in [4.69, 9.17) is 0 Å². The summed E-state index contributed by atoms with van der Waals surface area (Å²) in [6.07, 6.45) is 1.92. The number of thioether (sulfide) groups is 1. The van der Waals surface area contributed by atoms with Crippen LogP contribution in [-0.2, 0) is 0 Å². The summed E-state index contributed by atoms with van der Waals surface area (Å²) in [6, 6.07) is 0. The molecule has 0 unspecified atom stereocenters. The second-order valence-corrected chi connectivity index (χ2v) is 1.05. The molecule has 0 fully saturated rings. The van der Waals surface area contributed by atoms with Crippen LogP contribution >= 0.6 is 11.8 Å². The van der Waals surface area contributed by atoms with Gasteiger partial charge in [0.05, 0.1) is 0 Å². The first-order valence-electron chi connectivity index (χ1n) is 0.966. The van der Waals surface area contributed by atoms with E-state index in [9.17, 15) is 0 Å². The van der Waals surface area contributed by atoms with Gasteiger partial charge in [0.15, 0.2) is 0 Å². The first-order chi connectivity index (χ1) is 1.91. The van der Waals surface area contributed by atoms with Crippen LogP contribution in [0.3, 0.4) is 0 Å². The van der Waals surface area contributed by atoms with E-state index in [1.165, 1.54) is 11.8 Å². The van der Waals surface area contributed by atoms with Gasteiger partial charge in [-0.15, -0.1) is 0 Å². The molecule has 0 spiro atoms. The smallest absolute Gasteiger partial charge is 0.440 e. The third-order valence-corrected chi connectivity index (χ3v) is 0.433. The molecule has 0 aromatic rings. The fourth-order valence-electron chi connectivity index (χ4n) is 0. The van der Waals surface area contributed by atoms with Crippen molar-refractivity contribution in [2.24, 2.45) is 0 Å². The van der Waals surface area contributed by atoms with Gasteiger partial charge in [-0.3, -0.25) is 6.58 Å². The summed E-state index contributed by atoms with van der Waals surface area (Å²) in [6.45, 7) is 3.32. The first-order valence-corrected chi connectivity index (χ1v) is 2.19. The van der Waals surface area contributed by atoms with Crippen LogP contribution in [0.1, 0.15) is 0 Å². The van der Waals surface area contributed by atoms with Crippen molar-refractivity contribution >= 4 is 11.8 Å². The summed E-state index contributed by atoms with van der Waals surface area (Å²) in [7, 11) is 0. The Kier molecular flexibility index (Phi) is 16.2. The van der Waals surface area contributed by atoms with E-state index in [0.29, 0.717) is 0 Å². The van der Waals surface area contributed by atoms with Crippen LogP contribution in [0.2, 0.25) is 0 Å². The molecule has 0 aliphatic rings. The minimum atomic E-state index is 0. The minimum absolute atomic E-state index is 0. The molecule has 0 atom stereocenters. The van der Waals surface area contributed by atoms with E-state index in [1.807, 2.05) is 6.26 Å². The summed E-state index contributed by atoms with van der Waals surface area (Å²) in [5.41, 5.74) is 0.